The molecule has 0 spiro atoms. The van der Waals surface area contributed by atoms with Gasteiger partial charge in [0.25, 0.3) is 5.91 Å². The van der Waals surface area contributed by atoms with Gasteiger partial charge in [-0.15, -0.1) is 0 Å². The summed E-state index contributed by atoms with van der Waals surface area (Å²) in [5.74, 6) is -0.744. The summed E-state index contributed by atoms with van der Waals surface area (Å²) in [5.41, 5.74) is 0.301. The summed E-state index contributed by atoms with van der Waals surface area (Å²) >= 11 is 5.87. The highest BCUT2D eigenvalue weighted by molar-refractivity contribution is 6.31. The molecular weight excluding hydrogens is 285 g/mol. The fourth-order valence-corrected chi connectivity index (χ4v) is 1.75. The van der Waals surface area contributed by atoms with Crippen LogP contribution in [0.1, 0.15) is 16.1 Å². The van der Waals surface area contributed by atoms with Gasteiger partial charge < -0.3 is 10.1 Å². The predicted octanol–water partition coefficient (Wildman–Crippen LogP) is 2.21. The topological polar surface area (TPSA) is 64.1 Å². The van der Waals surface area contributed by atoms with E-state index in [9.17, 15) is 9.18 Å². The molecule has 0 fully saturated rings. The van der Waals surface area contributed by atoms with Gasteiger partial charge in [-0.25, -0.2) is 9.37 Å². The summed E-state index contributed by atoms with van der Waals surface area (Å²) in [5, 5.41) is 2.78. The highest BCUT2D eigenvalue weighted by atomic mass is 35.5. The largest absolute Gasteiger partial charge is 0.480 e. The van der Waals surface area contributed by atoms with E-state index in [2.05, 4.69) is 15.3 Å². The third kappa shape index (κ3) is 3.21. The van der Waals surface area contributed by atoms with Crippen molar-refractivity contribution >= 4 is 17.5 Å². The molecule has 1 N–H and O–H groups in total. The Hall–Kier alpha value is -2.21. The first-order valence-electron chi connectivity index (χ1n) is 5.69. The zero-order chi connectivity index (χ0) is 14.5. The quantitative estimate of drug-likeness (QED) is 0.939. The Morgan fingerprint density at radius 3 is 2.95 bits per heavy atom. The van der Waals surface area contributed by atoms with Gasteiger partial charge in [0.2, 0.25) is 5.88 Å². The molecule has 0 aliphatic heterocycles. The van der Waals surface area contributed by atoms with Gasteiger partial charge in [-0.1, -0.05) is 17.7 Å². The number of benzene rings is 1. The standard InChI is InChI=1S/C13H11ClFN3O2/c1-20-12-7-16-6-11(18-12)13(19)17-5-8-9(14)3-2-4-10(8)15/h2-4,6-7H,5H2,1H3,(H,17,19). The molecule has 0 aliphatic rings. The average molecular weight is 296 g/mol. The number of carbonyl (C=O) groups excluding carboxylic acids is 1. The highest BCUT2D eigenvalue weighted by Crippen LogP contribution is 2.18. The van der Waals surface area contributed by atoms with Gasteiger partial charge in [-0.2, -0.15) is 0 Å². The van der Waals surface area contributed by atoms with Crippen LogP contribution in [-0.4, -0.2) is 23.0 Å². The minimum absolute atomic E-state index is 0.0385. The van der Waals surface area contributed by atoms with Crippen molar-refractivity contribution in [2.75, 3.05) is 7.11 Å². The summed E-state index contributed by atoms with van der Waals surface area (Å²) in [4.78, 5) is 19.6. The summed E-state index contributed by atoms with van der Waals surface area (Å²) in [6.45, 7) is -0.0385. The van der Waals surface area contributed by atoms with Crippen LogP contribution < -0.4 is 10.1 Å². The van der Waals surface area contributed by atoms with Gasteiger partial charge in [0.05, 0.1) is 19.5 Å². The van der Waals surface area contributed by atoms with Crippen molar-refractivity contribution in [1.29, 1.82) is 0 Å². The van der Waals surface area contributed by atoms with E-state index < -0.39 is 11.7 Å². The van der Waals surface area contributed by atoms with E-state index in [1.165, 1.54) is 31.6 Å². The second-order valence-corrected chi connectivity index (χ2v) is 4.24. The molecule has 0 saturated carbocycles. The third-order valence-corrected chi connectivity index (χ3v) is 2.90. The first-order chi connectivity index (χ1) is 9.61. The van der Waals surface area contributed by atoms with Crippen molar-refractivity contribution in [2.45, 2.75) is 6.54 Å². The Labute approximate surface area is 119 Å². The van der Waals surface area contributed by atoms with E-state index in [-0.39, 0.29) is 28.7 Å². The molecule has 0 radical (unpaired) electrons. The number of aromatic nitrogens is 2. The zero-order valence-electron chi connectivity index (χ0n) is 10.6. The van der Waals surface area contributed by atoms with Crippen LogP contribution in [0.3, 0.4) is 0 Å². The molecule has 20 heavy (non-hydrogen) atoms. The second-order valence-electron chi connectivity index (χ2n) is 3.83. The number of nitrogens with zero attached hydrogens (tertiary/aromatic N) is 2. The third-order valence-electron chi connectivity index (χ3n) is 2.54. The molecule has 0 unspecified atom stereocenters. The van der Waals surface area contributed by atoms with E-state index in [1.54, 1.807) is 6.07 Å². The maximum Gasteiger partial charge on any atom is 0.271 e. The number of halogens is 2. The highest BCUT2D eigenvalue weighted by Gasteiger charge is 2.12. The Morgan fingerprint density at radius 2 is 2.25 bits per heavy atom. The van der Waals surface area contributed by atoms with Gasteiger partial charge in [-0.3, -0.25) is 9.78 Å². The first kappa shape index (κ1) is 14.2. The Kier molecular flexibility index (Phi) is 4.47. The van der Waals surface area contributed by atoms with Crippen LogP contribution in [-0.2, 0) is 6.54 Å². The fourth-order valence-electron chi connectivity index (χ4n) is 1.52. The Morgan fingerprint density at radius 1 is 1.45 bits per heavy atom. The van der Waals surface area contributed by atoms with Crippen molar-refractivity contribution in [3.8, 4) is 5.88 Å². The molecule has 7 heteroatoms. The van der Waals surface area contributed by atoms with Crippen LogP contribution in [0.2, 0.25) is 5.02 Å². The molecule has 2 aromatic rings. The fraction of sp³-hybridized carbons (Fsp3) is 0.154. The maximum atomic E-state index is 13.5. The summed E-state index contributed by atoms with van der Waals surface area (Å²) in [6.07, 6.45) is 2.67. The van der Waals surface area contributed by atoms with Gasteiger partial charge in [0, 0.05) is 17.1 Å². The van der Waals surface area contributed by atoms with E-state index in [0.29, 0.717) is 0 Å². The lowest BCUT2D eigenvalue weighted by Crippen LogP contribution is -2.24. The van der Waals surface area contributed by atoms with Crippen LogP contribution in [0, 0.1) is 5.82 Å². The molecule has 0 atom stereocenters. The van der Waals surface area contributed by atoms with Crippen molar-refractivity contribution in [1.82, 2.24) is 15.3 Å². The molecule has 104 valence electrons. The van der Waals surface area contributed by atoms with Gasteiger partial charge in [-0.05, 0) is 12.1 Å². The lowest BCUT2D eigenvalue weighted by molar-refractivity contribution is 0.0944. The molecule has 5 nitrogen and oxygen atoms in total. The Bertz CT molecular complexity index is 617. The molecule has 0 aliphatic carbocycles. The lowest BCUT2D eigenvalue weighted by Gasteiger charge is -2.08. The number of nitrogens with one attached hydrogen (secondary N) is 1. The van der Waals surface area contributed by atoms with Crippen molar-refractivity contribution in [3.63, 3.8) is 0 Å². The van der Waals surface area contributed by atoms with Crippen LogP contribution in [0.5, 0.6) is 5.88 Å². The number of carbonyl (C=O) groups is 1. The van der Waals surface area contributed by atoms with Crippen molar-refractivity contribution < 1.29 is 13.9 Å². The molecule has 2 rings (SSSR count). The van der Waals surface area contributed by atoms with Crippen molar-refractivity contribution in [3.05, 3.63) is 52.7 Å². The van der Waals surface area contributed by atoms with Crippen LogP contribution in [0.4, 0.5) is 4.39 Å². The monoisotopic (exact) mass is 295 g/mol. The second kappa shape index (κ2) is 6.29. The van der Waals surface area contributed by atoms with Gasteiger partial charge in [0.1, 0.15) is 11.5 Å². The van der Waals surface area contributed by atoms with Gasteiger partial charge >= 0.3 is 0 Å². The van der Waals surface area contributed by atoms with Crippen LogP contribution in [0.15, 0.2) is 30.6 Å². The molecule has 1 amide bonds. The van der Waals surface area contributed by atoms with E-state index in [4.69, 9.17) is 16.3 Å². The van der Waals surface area contributed by atoms with Crippen molar-refractivity contribution in [2.24, 2.45) is 0 Å². The zero-order valence-corrected chi connectivity index (χ0v) is 11.3. The van der Waals surface area contributed by atoms with E-state index >= 15 is 0 Å². The average Bonchev–Trinajstić information content (AvgIpc) is 2.46. The first-order valence-corrected chi connectivity index (χ1v) is 6.06. The maximum absolute atomic E-state index is 13.5. The minimum atomic E-state index is -0.490. The molecule has 1 aromatic carbocycles. The normalized spacial score (nSPS) is 10.2. The number of rotatable bonds is 4. The lowest BCUT2D eigenvalue weighted by atomic mass is 10.2. The smallest absolute Gasteiger partial charge is 0.271 e. The number of hydrogen-bond acceptors (Lipinski definition) is 4. The summed E-state index contributed by atoms with van der Waals surface area (Å²) in [6, 6.07) is 4.33. The number of hydrogen-bond donors (Lipinski definition) is 1. The van der Waals surface area contributed by atoms with Crippen LogP contribution >= 0.6 is 11.6 Å². The predicted molar refractivity (Wildman–Crippen MR) is 71.2 cm³/mol. The van der Waals surface area contributed by atoms with Crippen LogP contribution in [0.25, 0.3) is 0 Å². The minimum Gasteiger partial charge on any atom is -0.480 e. The molecule has 0 bridgehead atoms. The molecule has 1 heterocycles. The molecule has 1 aromatic heterocycles. The van der Waals surface area contributed by atoms with E-state index in [1.807, 2.05) is 0 Å². The number of ether oxygens (including phenoxy) is 1. The SMILES string of the molecule is COc1cncc(C(=O)NCc2c(F)cccc2Cl)n1. The summed E-state index contributed by atoms with van der Waals surface area (Å²) < 4.78 is 18.4. The van der Waals surface area contributed by atoms with E-state index in [0.717, 1.165) is 0 Å². The number of amides is 1. The Balaban J connectivity index is 2.09. The summed E-state index contributed by atoms with van der Waals surface area (Å²) in [7, 11) is 1.42. The van der Waals surface area contributed by atoms with Gasteiger partial charge in [0.15, 0.2) is 0 Å². The molecular formula is C13H11ClFN3O2. The molecule has 0 saturated heterocycles. The number of methoxy groups -OCH3 is 1.